The fraction of sp³-hybridized carbons (Fsp3) is 0.615. The number of hydrogen-bond donors (Lipinski definition) is 2. The average molecular weight is 487 g/mol. The van der Waals surface area contributed by atoms with E-state index in [4.69, 9.17) is 10.5 Å². The normalized spacial score (nSPS) is 21.6. The molecule has 2 heterocycles. The third-order valence-corrected chi connectivity index (χ3v) is 6.89. The van der Waals surface area contributed by atoms with E-state index in [9.17, 15) is 19.2 Å². The molecule has 0 aliphatic carbocycles. The molecule has 0 spiro atoms. The van der Waals surface area contributed by atoms with Gasteiger partial charge in [0.25, 0.3) is 11.8 Å². The van der Waals surface area contributed by atoms with Crippen LogP contribution in [0, 0.1) is 11.3 Å². The number of ether oxygens (including phenoxy) is 1. The summed E-state index contributed by atoms with van der Waals surface area (Å²) in [5, 5.41) is 2.87. The van der Waals surface area contributed by atoms with Crippen molar-refractivity contribution in [1.29, 1.82) is 0 Å². The maximum Gasteiger partial charge on any atom is 0.252 e. The van der Waals surface area contributed by atoms with Gasteiger partial charge in [0.2, 0.25) is 5.91 Å². The molecule has 0 saturated carbocycles. The van der Waals surface area contributed by atoms with Crippen LogP contribution in [0.3, 0.4) is 0 Å². The van der Waals surface area contributed by atoms with Crippen molar-refractivity contribution in [2.24, 2.45) is 11.3 Å². The summed E-state index contributed by atoms with van der Waals surface area (Å²) in [7, 11) is 1.51. The minimum absolute atomic E-state index is 0.0145. The highest BCUT2D eigenvalue weighted by molar-refractivity contribution is 5.98. The van der Waals surface area contributed by atoms with Crippen LogP contribution in [0.25, 0.3) is 0 Å². The van der Waals surface area contributed by atoms with E-state index in [2.05, 4.69) is 5.32 Å². The zero-order valence-corrected chi connectivity index (χ0v) is 21.4. The number of Topliss-reactive ketones (excluding diaryl/α,β-unsaturated/α-hetero) is 1. The number of nitrogens with zero attached hydrogens (tertiary/aromatic N) is 2. The van der Waals surface area contributed by atoms with E-state index in [1.165, 1.54) is 7.11 Å². The number of carbonyl (C=O) groups excluding carboxylic acids is 4. The van der Waals surface area contributed by atoms with Gasteiger partial charge < -0.3 is 25.6 Å². The lowest BCUT2D eigenvalue weighted by atomic mass is 9.88. The number of carbonyl (C=O) groups is 4. The Morgan fingerprint density at radius 2 is 1.83 bits per heavy atom. The Labute approximate surface area is 207 Å². The minimum Gasteiger partial charge on any atom is -0.399 e. The second-order valence-corrected chi connectivity index (χ2v) is 10.8. The van der Waals surface area contributed by atoms with Gasteiger partial charge in [-0.15, -0.1) is 0 Å². The van der Waals surface area contributed by atoms with E-state index in [1.807, 2.05) is 27.7 Å². The summed E-state index contributed by atoms with van der Waals surface area (Å²) in [5.41, 5.74) is 6.38. The predicted octanol–water partition coefficient (Wildman–Crippen LogP) is 1.86. The van der Waals surface area contributed by atoms with Gasteiger partial charge in [-0.3, -0.25) is 19.2 Å². The molecule has 35 heavy (non-hydrogen) atoms. The van der Waals surface area contributed by atoms with E-state index in [-0.39, 0.29) is 48.4 Å². The first-order chi connectivity index (χ1) is 16.4. The Bertz CT molecular complexity index is 955. The number of anilines is 1. The summed E-state index contributed by atoms with van der Waals surface area (Å²) in [6.07, 6.45) is 0.849. The quantitative estimate of drug-likeness (QED) is 0.541. The monoisotopic (exact) mass is 486 g/mol. The van der Waals surface area contributed by atoms with Crippen molar-refractivity contribution in [3.05, 3.63) is 29.8 Å². The van der Waals surface area contributed by atoms with Crippen molar-refractivity contribution < 1.29 is 23.9 Å². The van der Waals surface area contributed by atoms with Gasteiger partial charge in [0.05, 0.1) is 12.6 Å². The lowest BCUT2D eigenvalue weighted by molar-refractivity contribution is -0.150. The number of benzene rings is 1. The van der Waals surface area contributed by atoms with Crippen LogP contribution in [0.15, 0.2) is 24.3 Å². The zero-order valence-electron chi connectivity index (χ0n) is 21.4. The number of nitrogen functional groups attached to an aromatic ring is 1. The SMILES string of the molecule is COC(C(=O)N1CC(=O)C2C1CCN2C(=O)CC(C)CCNC(=O)c1ccc(N)cc1)C(C)(C)C. The fourth-order valence-electron chi connectivity index (χ4n) is 5.05. The smallest absolute Gasteiger partial charge is 0.252 e. The molecule has 9 nitrogen and oxygen atoms in total. The largest absolute Gasteiger partial charge is 0.399 e. The minimum atomic E-state index is -0.651. The zero-order chi connectivity index (χ0) is 25.9. The molecular formula is C26H38N4O5. The van der Waals surface area contributed by atoms with Gasteiger partial charge in [-0.1, -0.05) is 27.7 Å². The highest BCUT2D eigenvalue weighted by atomic mass is 16.5. The van der Waals surface area contributed by atoms with Gasteiger partial charge in [0, 0.05) is 37.9 Å². The average Bonchev–Trinajstić information content (AvgIpc) is 3.35. The molecule has 0 bridgehead atoms. The van der Waals surface area contributed by atoms with Crippen LogP contribution in [0.2, 0.25) is 0 Å². The number of fused-ring (bicyclic) bond motifs is 1. The van der Waals surface area contributed by atoms with Crippen molar-refractivity contribution in [2.75, 3.05) is 32.5 Å². The number of methoxy groups -OCH3 is 1. The summed E-state index contributed by atoms with van der Waals surface area (Å²) in [6, 6.07) is 5.82. The third-order valence-electron chi connectivity index (χ3n) is 6.89. The number of ketones is 1. The Kier molecular flexibility index (Phi) is 8.20. The Hall–Kier alpha value is -2.94. The number of likely N-dealkylation sites (tertiary alicyclic amines) is 2. The van der Waals surface area contributed by atoms with Crippen LogP contribution < -0.4 is 11.1 Å². The number of nitrogens with one attached hydrogen (secondary N) is 1. The van der Waals surface area contributed by atoms with Gasteiger partial charge in [-0.25, -0.2) is 0 Å². The molecule has 9 heteroatoms. The standard InChI is InChI=1S/C26H38N4O5/c1-16(10-12-28-24(33)17-6-8-18(27)9-7-17)14-21(32)29-13-11-19-22(29)20(31)15-30(19)25(34)23(35-5)26(2,3)4/h6-9,16,19,22-23H,10-15,27H2,1-5H3,(H,28,33). The topological polar surface area (TPSA) is 122 Å². The molecule has 1 aromatic carbocycles. The molecule has 192 valence electrons. The summed E-state index contributed by atoms with van der Waals surface area (Å²) >= 11 is 0. The molecule has 3 rings (SSSR count). The Morgan fingerprint density at radius 1 is 1.17 bits per heavy atom. The van der Waals surface area contributed by atoms with Crippen LogP contribution in [0.4, 0.5) is 5.69 Å². The lowest BCUT2D eigenvalue weighted by Crippen LogP contribution is -2.49. The van der Waals surface area contributed by atoms with E-state index >= 15 is 0 Å². The fourth-order valence-corrected chi connectivity index (χ4v) is 5.05. The van der Waals surface area contributed by atoms with Crippen molar-refractivity contribution in [3.63, 3.8) is 0 Å². The summed E-state index contributed by atoms with van der Waals surface area (Å²) < 4.78 is 5.47. The first kappa shape index (κ1) is 26.7. The first-order valence-corrected chi connectivity index (χ1v) is 12.2. The molecule has 2 fully saturated rings. The molecule has 4 atom stereocenters. The van der Waals surface area contributed by atoms with Crippen molar-refractivity contribution in [1.82, 2.24) is 15.1 Å². The van der Waals surface area contributed by atoms with E-state index in [0.717, 1.165) is 0 Å². The van der Waals surface area contributed by atoms with E-state index < -0.39 is 17.6 Å². The molecule has 2 saturated heterocycles. The Morgan fingerprint density at radius 3 is 2.43 bits per heavy atom. The van der Waals surface area contributed by atoms with Crippen LogP contribution in [0.5, 0.6) is 0 Å². The summed E-state index contributed by atoms with van der Waals surface area (Å²) in [4.78, 5) is 54.6. The van der Waals surface area contributed by atoms with Crippen molar-refractivity contribution >= 4 is 29.2 Å². The van der Waals surface area contributed by atoms with Gasteiger partial charge in [-0.2, -0.15) is 0 Å². The predicted molar refractivity (Wildman–Crippen MR) is 132 cm³/mol. The first-order valence-electron chi connectivity index (χ1n) is 12.2. The van der Waals surface area contributed by atoms with Gasteiger partial charge in [0.15, 0.2) is 5.78 Å². The number of rotatable bonds is 8. The van der Waals surface area contributed by atoms with E-state index in [0.29, 0.717) is 37.2 Å². The van der Waals surface area contributed by atoms with Crippen LogP contribution >= 0.6 is 0 Å². The van der Waals surface area contributed by atoms with E-state index in [1.54, 1.807) is 34.1 Å². The van der Waals surface area contributed by atoms with Gasteiger partial charge >= 0.3 is 0 Å². The van der Waals surface area contributed by atoms with Gasteiger partial charge in [-0.05, 0) is 48.4 Å². The van der Waals surface area contributed by atoms with Crippen molar-refractivity contribution in [2.45, 2.75) is 65.1 Å². The molecule has 0 radical (unpaired) electrons. The summed E-state index contributed by atoms with van der Waals surface area (Å²) in [5.74, 6) is -0.531. The summed E-state index contributed by atoms with van der Waals surface area (Å²) in [6.45, 7) is 8.66. The Balaban J connectivity index is 1.52. The molecule has 2 aliphatic heterocycles. The number of nitrogens with two attached hydrogens (primary N) is 1. The van der Waals surface area contributed by atoms with Gasteiger partial charge in [0.1, 0.15) is 12.1 Å². The van der Waals surface area contributed by atoms with Crippen LogP contribution in [-0.4, -0.2) is 78.2 Å². The van der Waals surface area contributed by atoms with Crippen LogP contribution in [-0.2, 0) is 19.1 Å². The second-order valence-electron chi connectivity index (χ2n) is 10.8. The highest BCUT2D eigenvalue weighted by Gasteiger charge is 2.53. The third kappa shape index (κ3) is 6.01. The molecule has 0 aromatic heterocycles. The second kappa shape index (κ2) is 10.8. The van der Waals surface area contributed by atoms with Crippen molar-refractivity contribution in [3.8, 4) is 0 Å². The highest BCUT2D eigenvalue weighted by Crippen LogP contribution is 2.33. The maximum atomic E-state index is 13.2. The number of amides is 3. The molecule has 3 amide bonds. The molecule has 4 unspecified atom stereocenters. The molecular weight excluding hydrogens is 448 g/mol. The molecule has 2 aliphatic rings. The lowest BCUT2D eigenvalue weighted by Gasteiger charge is -2.33. The molecule has 3 N–H and O–H groups in total. The number of hydrogen-bond acceptors (Lipinski definition) is 6. The van der Waals surface area contributed by atoms with Crippen LogP contribution in [0.1, 0.15) is 57.3 Å². The molecule has 1 aromatic rings. The maximum absolute atomic E-state index is 13.2.